The van der Waals surface area contributed by atoms with E-state index in [1.54, 1.807) is 29.2 Å². The lowest BCUT2D eigenvalue weighted by molar-refractivity contribution is -0.928. The van der Waals surface area contributed by atoms with Gasteiger partial charge in [0.1, 0.15) is 0 Å². The largest absolute Gasteiger partial charge is 0.354 e. The number of halogens is 1. The van der Waals surface area contributed by atoms with Gasteiger partial charge in [-0.05, 0) is 50.5 Å². The molecule has 5 nitrogen and oxygen atoms in total. The van der Waals surface area contributed by atoms with Gasteiger partial charge in [-0.2, -0.15) is 0 Å². The SMILES string of the molecule is C[C@@H]1CCCC[NH+]1CCCNC(=O)CNC(=O)c1ccc(Br)cc1. The van der Waals surface area contributed by atoms with Gasteiger partial charge < -0.3 is 15.5 Å². The summed E-state index contributed by atoms with van der Waals surface area (Å²) in [6, 6.07) is 7.79. The van der Waals surface area contributed by atoms with Crippen molar-refractivity contribution in [2.24, 2.45) is 0 Å². The number of benzene rings is 1. The molecular formula is C18H27BrN3O2+. The Morgan fingerprint density at radius 2 is 1.96 bits per heavy atom. The molecule has 0 aliphatic carbocycles. The molecule has 1 saturated heterocycles. The molecule has 132 valence electrons. The number of carbonyl (C=O) groups excluding carboxylic acids is 2. The van der Waals surface area contributed by atoms with Crippen LogP contribution in [-0.4, -0.2) is 44.0 Å². The Morgan fingerprint density at radius 1 is 1.21 bits per heavy atom. The first-order valence-corrected chi connectivity index (χ1v) is 9.50. The van der Waals surface area contributed by atoms with Crippen LogP contribution in [0.4, 0.5) is 0 Å². The van der Waals surface area contributed by atoms with Crippen molar-refractivity contribution < 1.29 is 14.5 Å². The predicted molar refractivity (Wildman–Crippen MR) is 98.1 cm³/mol. The summed E-state index contributed by atoms with van der Waals surface area (Å²) in [5.41, 5.74) is 0.550. The number of nitrogens with one attached hydrogen (secondary N) is 3. The number of quaternary nitrogens is 1. The highest BCUT2D eigenvalue weighted by molar-refractivity contribution is 9.10. The molecule has 2 atom stereocenters. The van der Waals surface area contributed by atoms with Gasteiger partial charge in [0.05, 0.1) is 25.7 Å². The fraction of sp³-hybridized carbons (Fsp3) is 0.556. The molecule has 1 aromatic rings. The van der Waals surface area contributed by atoms with Crippen LogP contribution in [0.2, 0.25) is 0 Å². The van der Waals surface area contributed by atoms with E-state index in [2.05, 4.69) is 33.5 Å². The van der Waals surface area contributed by atoms with E-state index in [1.807, 2.05) is 0 Å². The smallest absolute Gasteiger partial charge is 0.251 e. The average molecular weight is 397 g/mol. The quantitative estimate of drug-likeness (QED) is 0.605. The van der Waals surface area contributed by atoms with E-state index in [4.69, 9.17) is 0 Å². The molecule has 0 radical (unpaired) electrons. The topological polar surface area (TPSA) is 62.6 Å². The second-order valence-corrected chi connectivity index (χ2v) is 7.36. The van der Waals surface area contributed by atoms with Crippen LogP contribution in [-0.2, 0) is 4.79 Å². The Bertz CT molecular complexity index is 548. The van der Waals surface area contributed by atoms with Crippen molar-refractivity contribution >= 4 is 27.7 Å². The average Bonchev–Trinajstić information content (AvgIpc) is 2.58. The molecule has 2 amide bonds. The van der Waals surface area contributed by atoms with E-state index < -0.39 is 0 Å². The lowest BCUT2D eigenvalue weighted by Gasteiger charge is -2.30. The van der Waals surface area contributed by atoms with Crippen molar-refractivity contribution in [2.45, 2.75) is 38.6 Å². The molecule has 0 aromatic heterocycles. The van der Waals surface area contributed by atoms with Crippen LogP contribution >= 0.6 is 15.9 Å². The van der Waals surface area contributed by atoms with Gasteiger partial charge in [0.2, 0.25) is 5.91 Å². The standard InChI is InChI=1S/C18H26BrN3O2/c1-14-5-2-3-11-22(14)12-4-10-20-17(23)13-21-18(24)15-6-8-16(19)9-7-15/h6-9,14H,2-5,10-13H2,1H3,(H,20,23)(H,21,24)/p+1/t14-/m1/s1. The molecular weight excluding hydrogens is 370 g/mol. The van der Waals surface area contributed by atoms with Gasteiger partial charge in [0, 0.05) is 23.0 Å². The van der Waals surface area contributed by atoms with E-state index in [0.29, 0.717) is 12.1 Å². The highest BCUT2D eigenvalue weighted by Gasteiger charge is 2.20. The minimum atomic E-state index is -0.232. The van der Waals surface area contributed by atoms with Crippen molar-refractivity contribution in [3.05, 3.63) is 34.3 Å². The number of carbonyl (C=O) groups is 2. The van der Waals surface area contributed by atoms with Gasteiger partial charge in [-0.15, -0.1) is 0 Å². The molecule has 1 fully saturated rings. The van der Waals surface area contributed by atoms with E-state index in [1.165, 1.54) is 25.8 Å². The first kappa shape index (κ1) is 18.9. The molecule has 0 bridgehead atoms. The Morgan fingerprint density at radius 3 is 2.67 bits per heavy atom. The van der Waals surface area contributed by atoms with Crippen molar-refractivity contribution in [3.63, 3.8) is 0 Å². The molecule has 1 unspecified atom stereocenters. The molecule has 1 aromatic carbocycles. The highest BCUT2D eigenvalue weighted by Crippen LogP contribution is 2.10. The minimum Gasteiger partial charge on any atom is -0.354 e. The first-order valence-electron chi connectivity index (χ1n) is 8.71. The second kappa shape index (κ2) is 9.79. The second-order valence-electron chi connectivity index (χ2n) is 6.45. The van der Waals surface area contributed by atoms with Gasteiger partial charge in [0.25, 0.3) is 5.91 Å². The van der Waals surface area contributed by atoms with Crippen molar-refractivity contribution in [1.82, 2.24) is 10.6 Å². The molecule has 1 heterocycles. The van der Waals surface area contributed by atoms with Gasteiger partial charge >= 0.3 is 0 Å². The van der Waals surface area contributed by atoms with Crippen LogP contribution < -0.4 is 15.5 Å². The summed E-state index contributed by atoms with van der Waals surface area (Å²) in [4.78, 5) is 25.4. The van der Waals surface area contributed by atoms with Crippen molar-refractivity contribution in [3.8, 4) is 0 Å². The van der Waals surface area contributed by atoms with Crippen LogP contribution in [0.5, 0.6) is 0 Å². The van der Waals surface area contributed by atoms with Crippen molar-refractivity contribution in [2.75, 3.05) is 26.2 Å². The third-order valence-corrected chi connectivity index (χ3v) is 5.12. The molecule has 2 rings (SSSR count). The maximum Gasteiger partial charge on any atom is 0.251 e. The summed E-state index contributed by atoms with van der Waals surface area (Å²) < 4.78 is 0.918. The van der Waals surface area contributed by atoms with E-state index >= 15 is 0 Å². The molecule has 0 spiro atoms. The monoisotopic (exact) mass is 396 g/mol. The van der Waals surface area contributed by atoms with Crippen LogP contribution in [0.3, 0.4) is 0 Å². The van der Waals surface area contributed by atoms with E-state index in [-0.39, 0.29) is 18.4 Å². The summed E-state index contributed by atoms with van der Waals surface area (Å²) in [7, 11) is 0. The normalized spacial score (nSPS) is 20.4. The Kier molecular flexibility index (Phi) is 7.72. The zero-order valence-corrected chi connectivity index (χ0v) is 15.8. The van der Waals surface area contributed by atoms with Crippen LogP contribution in [0.1, 0.15) is 43.0 Å². The number of hydrogen-bond donors (Lipinski definition) is 3. The minimum absolute atomic E-state index is 0.0157. The third-order valence-electron chi connectivity index (χ3n) is 4.59. The zero-order chi connectivity index (χ0) is 17.4. The molecule has 0 saturated carbocycles. The number of piperidine rings is 1. The van der Waals surface area contributed by atoms with Gasteiger partial charge in [-0.1, -0.05) is 15.9 Å². The van der Waals surface area contributed by atoms with Gasteiger partial charge in [-0.3, -0.25) is 9.59 Å². The number of hydrogen-bond acceptors (Lipinski definition) is 2. The highest BCUT2D eigenvalue weighted by atomic mass is 79.9. The van der Waals surface area contributed by atoms with Crippen molar-refractivity contribution in [1.29, 1.82) is 0 Å². The van der Waals surface area contributed by atoms with Gasteiger partial charge in [0.15, 0.2) is 0 Å². The zero-order valence-electron chi connectivity index (χ0n) is 14.2. The number of likely N-dealkylation sites (tertiary alicyclic amines) is 1. The molecule has 1 aliphatic heterocycles. The van der Waals surface area contributed by atoms with Crippen LogP contribution in [0.15, 0.2) is 28.7 Å². The maximum absolute atomic E-state index is 11.9. The molecule has 6 heteroatoms. The molecule has 1 aliphatic rings. The predicted octanol–water partition coefficient (Wildman–Crippen LogP) is 1.14. The Labute approximate surface area is 152 Å². The third kappa shape index (κ3) is 6.24. The van der Waals surface area contributed by atoms with E-state index in [9.17, 15) is 9.59 Å². The summed E-state index contributed by atoms with van der Waals surface area (Å²) >= 11 is 3.33. The lowest BCUT2D eigenvalue weighted by atomic mass is 10.0. The fourth-order valence-electron chi connectivity index (χ4n) is 3.09. The first-order chi connectivity index (χ1) is 11.6. The lowest BCUT2D eigenvalue weighted by Crippen LogP contribution is -3.16. The number of amides is 2. The Balaban J connectivity index is 1.59. The van der Waals surface area contributed by atoms with Crippen LogP contribution in [0.25, 0.3) is 0 Å². The number of rotatable bonds is 7. The Hall–Kier alpha value is -1.40. The van der Waals surface area contributed by atoms with E-state index in [0.717, 1.165) is 23.5 Å². The molecule has 24 heavy (non-hydrogen) atoms. The summed E-state index contributed by atoms with van der Waals surface area (Å²) in [6.45, 7) is 5.35. The fourth-order valence-corrected chi connectivity index (χ4v) is 3.36. The summed E-state index contributed by atoms with van der Waals surface area (Å²) in [6.07, 6.45) is 4.95. The summed E-state index contributed by atoms with van der Waals surface area (Å²) in [5.74, 6) is -0.369. The van der Waals surface area contributed by atoms with Gasteiger partial charge in [-0.25, -0.2) is 0 Å². The molecule has 3 N–H and O–H groups in total. The summed E-state index contributed by atoms with van der Waals surface area (Å²) in [5, 5.41) is 5.52. The van der Waals surface area contributed by atoms with Crippen LogP contribution in [0, 0.1) is 0 Å². The maximum atomic E-state index is 11.9.